The van der Waals surface area contributed by atoms with Crippen molar-refractivity contribution in [2.75, 3.05) is 19.8 Å². The molecule has 8 atom stereocenters. The largest absolute Gasteiger partial charge is 0.508 e. The van der Waals surface area contributed by atoms with E-state index in [0.717, 1.165) is 94.3 Å². The van der Waals surface area contributed by atoms with E-state index in [4.69, 9.17) is 152 Å². The van der Waals surface area contributed by atoms with Crippen LogP contribution in [0.2, 0.25) is 40.2 Å². The lowest BCUT2D eigenvalue weighted by Crippen LogP contribution is -2.84. The van der Waals surface area contributed by atoms with Crippen LogP contribution in [0.15, 0.2) is 194 Å². The number of aliphatic carboxylic acids is 1. The number of hydrogen-bond donors (Lipinski definition) is 8. The van der Waals surface area contributed by atoms with Crippen LogP contribution in [0.4, 0.5) is 0 Å². The Hall–Kier alpha value is -9.28. The summed E-state index contributed by atoms with van der Waals surface area (Å²) in [6.45, 7) is -0.0655. The fraction of sp³-hybridized carbons (Fsp3) is 0.371. The van der Waals surface area contributed by atoms with Gasteiger partial charge in [-0.25, -0.2) is 0 Å². The Labute approximate surface area is 747 Å². The quantitative estimate of drug-likeness (QED) is 0.0246. The normalized spacial score (nSPS) is 27.4. The first-order chi connectivity index (χ1) is 57.7. The Morgan fingerprint density at radius 3 is 0.851 bits per heavy atom. The lowest BCUT2D eigenvalue weighted by atomic mass is 9.44. The molecule has 8 aromatic carbocycles. The van der Waals surface area contributed by atoms with Crippen molar-refractivity contribution in [2.24, 2.45) is 29.4 Å². The van der Waals surface area contributed by atoms with E-state index in [1.54, 1.807) is 182 Å². The van der Waals surface area contributed by atoms with Crippen molar-refractivity contribution in [1.82, 2.24) is 26.6 Å². The molecular formula is C89H85BrCl8N8O15. The Morgan fingerprint density at radius 1 is 0.372 bits per heavy atom. The number of nitriles is 2. The third kappa shape index (κ3) is 25.5. The molecule has 8 unspecified atom stereocenters. The van der Waals surface area contributed by atoms with Crippen LogP contribution in [-0.4, -0.2) is 128 Å². The Balaban J connectivity index is 0.000000130. The lowest BCUT2D eigenvalue weighted by molar-refractivity contribution is -0.153. The first-order valence-corrected chi connectivity index (χ1v) is 42.9. The number of ether oxygens (including phenoxy) is 7. The number of alkyl halides is 1. The number of phenolic OH excluding ortho intramolecular Hbond substituents is 1. The molecule has 0 aromatic heterocycles. The highest BCUT2D eigenvalue weighted by Gasteiger charge is 2.71. The van der Waals surface area contributed by atoms with E-state index in [9.17, 15) is 28.8 Å². The standard InChI is InChI=1S/2C23H22Cl2N2O4.C13H15ClN2O2.C10H8ClNO.C10H9ClO3.C6H5ClO.C4H4BrN/c2*24-14-1-5-16(6-2-14)30-10-20(28)26-22-11-23(12-22,13-22)27-21(29)18-9-19(18)31-17-7-3-15(25)4-8-17;14-9-1-3-10(4-2-9)18-5-11(17)16-13-6-12(15,7-13)8-13;11-8-1-3-9(4-2-8)13-10-5-7(10)6-12;11-6-1-3-7(4-2-6)14-9-5-8(9)10(12)13;7-5-1-3-6(8)4-2-5;5-4(3-6)1-2-4/h2*1-8,18-19H,9-13H2,(H,26,28)(H,27,29);1-4H,5-8,15H2,(H,16,17);1-4,7,10H,5H2;1-4,8-9H,5H2,(H,12,13);1-4,8H;1-2H2. The summed E-state index contributed by atoms with van der Waals surface area (Å²) in [5.41, 5.74) is 5.11. The van der Waals surface area contributed by atoms with E-state index in [1.165, 1.54) is 0 Å². The van der Waals surface area contributed by atoms with Crippen molar-refractivity contribution in [3.63, 3.8) is 0 Å². The van der Waals surface area contributed by atoms with Gasteiger partial charge in [0.25, 0.3) is 17.7 Å². The number of nitrogens with two attached hydrogens (primary N) is 1. The van der Waals surface area contributed by atoms with Crippen molar-refractivity contribution in [1.29, 1.82) is 10.5 Å². The molecule has 22 rings (SSSR count). The smallest absolute Gasteiger partial charge is 0.310 e. The zero-order chi connectivity index (χ0) is 86.1. The second kappa shape index (κ2) is 38.2. The number of carbonyl (C=O) groups is 6. The molecule has 14 saturated carbocycles. The van der Waals surface area contributed by atoms with Crippen LogP contribution in [0, 0.1) is 46.3 Å². The van der Waals surface area contributed by atoms with Gasteiger partial charge in [0.15, 0.2) is 19.8 Å². The minimum atomic E-state index is -0.788. The number of benzene rings is 8. The molecule has 121 heavy (non-hydrogen) atoms. The molecule has 9 N–H and O–H groups in total. The van der Waals surface area contributed by atoms with E-state index in [1.807, 2.05) is 12.1 Å². The highest BCUT2D eigenvalue weighted by atomic mass is 79.9. The maximum absolute atomic E-state index is 12.6. The van der Waals surface area contributed by atoms with Gasteiger partial charge in [-0.05, 0) is 265 Å². The number of carboxylic acid groups (broad SMARTS) is 1. The number of phenols is 1. The van der Waals surface area contributed by atoms with E-state index >= 15 is 0 Å². The molecule has 6 bridgehead atoms. The Bertz CT molecular complexity index is 4870. The summed E-state index contributed by atoms with van der Waals surface area (Å²) in [6, 6.07) is 59.8. The van der Waals surface area contributed by atoms with Gasteiger partial charge in [-0.2, -0.15) is 10.5 Å². The minimum absolute atomic E-state index is 0.00428. The Morgan fingerprint density at radius 2 is 0.620 bits per heavy atom. The maximum atomic E-state index is 12.6. The van der Waals surface area contributed by atoms with Crippen molar-refractivity contribution in [3.8, 4) is 58.1 Å². The van der Waals surface area contributed by atoms with Crippen molar-refractivity contribution >= 4 is 144 Å². The van der Waals surface area contributed by atoms with Crippen molar-refractivity contribution in [2.45, 2.75) is 158 Å². The second-order valence-electron chi connectivity index (χ2n) is 32.5. The van der Waals surface area contributed by atoms with Crippen LogP contribution in [0.3, 0.4) is 0 Å². The van der Waals surface area contributed by atoms with E-state index in [2.05, 4.69) is 54.7 Å². The number of hydrogen-bond acceptors (Lipinski definition) is 17. The molecule has 0 saturated heterocycles. The number of halogens is 9. The number of carboxylic acids is 1. The second-order valence-corrected chi connectivity index (χ2v) is 37.5. The number of amides is 5. The topological polar surface area (TPSA) is 341 Å². The van der Waals surface area contributed by atoms with Gasteiger partial charge in [0, 0.05) is 99.1 Å². The number of nitrogens with one attached hydrogen (secondary N) is 5. The molecule has 5 amide bonds. The molecule has 0 spiro atoms. The van der Waals surface area contributed by atoms with Crippen molar-refractivity contribution < 1.29 is 72.1 Å². The van der Waals surface area contributed by atoms with Gasteiger partial charge in [-0.3, -0.25) is 28.8 Å². The summed E-state index contributed by atoms with van der Waals surface area (Å²) in [5.74, 6) is 3.34. The fourth-order valence-corrected chi connectivity index (χ4v) is 16.6. The summed E-state index contributed by atoms with van der Waals surface area (Å²) in [6.07, 6.45) is 11.9. The van der Waals surface area contributed by atoms with Gasteiger partial charge in [-0.15, -0.1) is 0 Å². The lowest BCUT2D eigenvalue weighted by Gasteiger charge is -2.70. The molecule has 14 aliphatic carbocycles. The Kier molecular flexibility index (Phi) is 28.3. The highest BCUT2D eigenvalue weighted by Crippen LogP contribution is 2.62. The molecule has 8 aromatic rings. The first kappa shape index (κ1) is 89.5. The van der Waals surface area contributed by atoms with Crippen LogP contribution in [-0.2, 0) is 28.8 Å². The molecule has 14 aliphatic rings. The number of aromatic hydroxyl groups is 1. The van der Waals surface area contributed by atoms with Crippen LogP contribution in [0.1, 0.15) is 96.3 Å². The number of nitrogens with zero attached hydrogens (tertiary/aromatic N) is 2. The summed E-state index contributed by atoms with van der Waals surface area (Å²) in [4.78, 5) is 71.8. The van der Waals surface area contributed by atoms with Gasteiger partial charge in [0.05, 0.1) is 35.8 Å². The molecule has 0 heterocycles. The van der Waals surface area contributed by atoms with Gasteiger partial charge in [0.2, 0.25) is 11.8 Å². The monoisotopic (exact) mass is 1860 g/mol. The van der Waals surface area contributed by atoms with E-state index in [0.29, 0.717) is 82.4 Å². The van der Waals surface area contributed by atoms with Crippen LogP contribution >= 0.6 is 109 Å². The molecule has 634 valence electrons. The van der Waals surface area contributed by atoms with E-state index < -0.39 is 5.97 Å². The number of carbonyl (C=O) groups excluding carboxylic acids is 5. The van der Waals surface area contributed by atoms with Gasteiger partial charge >= 0.3 is 5.97 Å². The summed E-state index contributed by atoms with van der Waals surface area (Å²) < 4.78 is 38.9. The molecule has 32 heteroatoms. The maximum Gasteiger partial charge on any atom is 0.310 e. The average Bonchev–Trinajstić information content (AvgIpc) is 1.60. The van der Waals surface area contributed by atoms with E-state index in [-0.39, 0.29) is 141 Å². The van der Waals surface area contributed by atoms with Crippen LogP contribution in [0.5, 0.6) is 46.0 Å². The fourth-order valence-electron chi connectivity index (χ4n) is 15.4. The summed E-state index contributed by atoms with van der Waals surface area (Å²) in [5, 5.41) is 54.7. The zero-order valence-corrected chi connectivity index (χ0v) is 72.5. The highest BCUT2D eigenvalue weighted by molar-refractivity contribution is 9.10. The minimum Gasteiger partial charge on any atom is -0.508 e. The third-order valence-electron chi connectivity index (χ3n) is 21.9. The average molecular weight is 1870 g/mol. The van der Waals surface area contributed by atoms with Crippen LogP contribution < -0.4 is 65.5 Å². The SMILES string of the molecule is N#CC1(Br)CC1.N#CC1CC1Oc1ccc(Cl)cc1.NC12CC(NC(=O)COc3ccc(Cl)cc3)(C1)C2.O=C(COc1ccc(Cl)cc1)NC12CC(NC(=O)C3CC3Oc3ccc(Cl)cc3)(C1)C2.O=C(COc1ccc(Cl)cc1)NC12CC(NC(=O)C3CC3Oc3ccc(Cl)cc3)(C1)C2.O=C(O)C1CC1Oc1ccc(Cl)cc1.Oc1ccc(Cl)cc1. The first-order valence-electron chi connectivity index (χ1n) is 39.1. The molecule has 23 nitrogen and oxygen atoms in total. The number of rotatable bonds is 25. The molecule has 0 radical (unpaired) electrons. The van der Waals surface area contributed by atoms with Crippen molar-refractivity contribution in [3.05, 3.63) is 234 Å². The summed E-state index contributed by atoms with van der Waals surface area (Å²) >= 11 is 49.3. The predicted octanol–water partition coefficient (Wildman–Crippen LogP) is 17.3. The van der Waals surface area contributed by atoms with Crippen LogP contribution in [0.25, 0.3) is 0 Å². The molecule has 14 fully saturated rings. The third-order valence-corrected chi connectivity index (χ3v) is 24.9. The zero-order valence-electron chi connectivity index (χ0n) is 64.9. The van der Waals surface area contributed by atoms with Gasteiger partial charge in [0.1, 0.15) is 74.7 Å². The van der Waals surface area contributed by atoms with Gasteiger partial charge in [-0.1, -0.05) is 109 Å². The molecular weight excluding hydrogens is 1780 g/mol. The molecule has 0 aliphatic heterocycles. The predicted molar refractivity (Wildman–Crippen MR) is 462 cm³/mol. The van der Waals surface area contributed by atoms with Gasteiger partial charge < -0.3 is 75.7 Å². The summed E-state index contributed by atoms with van der Waals surface area (Å²) in [7, 11) is 0.